The summed E-state index contributed by atoms with van der Waals surface area (Å²) in [5.41, 5.74) is 0.117. The Morgan fingerprint density at radius 3 is 2.24 bits per heavy atom. The van der Waals surface area contributed by atoms with Crippen molar-refractivity contribution in [2.24, 2.45) is 0 Å². The van der Waals surface area contributed by atoms with Crippen LogP contribution in [-0.2, 0) is 9.53 Å². The Bertz CT molecular complexity index is 701. The van der Waals surface area contributed by atoms with Gasteiger partial charge >= 0.3 is 6.09 Å². The average molecular weight is 405 g/mol. The van der Waals surface area contributed by atoms with Crippen LogP contribution in [0.25, 0.3) is 0 Å². The van der Waals surface area contributed by atoms with Gasteiger partial charge in [-0.3, -0.25) is 9.59 Å². The fraction of sp³-hybridized carbons (Fsp3) is 0.591. The van der Waals surface area contributed by atoms with Crippen LogP contribution in [0.3, 0.4) is 0 Å². The van der Waals surface area contributed by atoms with E-state index in [4.69, 9.17) is 9.47 Å². The first-order valence-corrected chi connectivity index (χ1v) is 10.1. The smallest absolute Gasteiger partial charge is 0.410 e. The summed E-state index contributed by atoms with van der Waals surface area (Å²) in [5.74, 6) is 0.674. The molecule has 2 rings (SSSR count). The lowest BCUT2D eigenvalue weighted by Crippen LogP contribution is -2.47. The third-order valence-corrected chi connectivity index (χ3v) is 4.73. The molecule has 0 aliphatic carbocycles. The first-order chi connectivity index (χ1) is 13.7. The van der Waals surface area contributed by atoms with Crippen molar-refractivity contribution in [1.82, 2.24) is 10.2 Å². The molecule has 0 saturated carbocycles. The highest BCUT2D eigenvalue weighted by Gasteiger charge is 2.27. The van der Waals surface area contributed by atoms with Gasteiger partial charge in [-0.25, -0.2) is 4.79 Å². The number of likely N-dealkylation sites (tertiary alicyclic amines) is 1. The normalized spacial score (nSPS) is 15.0. The summed E-state index contributed by atoms with van der Waals surface area (Å²) in [4.78, 5) is 38.1. The SMILES string of the molecule is COc1ccc(C(=O)CCCC(=O)NC2CCN(C(=O)OC(C)(C)C)CC2)cc1. The molecule has 0 atom stereocenters. The van der Waals surface area contributed by atoms with E-state index in [-0.39, 0.29) is 23.8 Å². The van der Waals surface area contributed by atoms with Gasteiger partial charge < -0.3 is 19.7 Å². The fourth-order valence-electron chi connectivity index (χ4n) is 3.16. The molecular weight excluding hydrogens is 372 g/mol. The molecule has 1 aromatic carbocycles. The van der Waals surface area contributed by atoms with Crippen molar-refractivity contribution in [3.05, 3.63) is 29.8 Å². The molecule has 1 fully saturated rings. The van der Waals surface area contributed by atoms with Gasteiger partial charge in [0.1, 0.15) is 11.4 Å². The molecular formula is C22H32N2O5. The number of ketones is 1. The van der Waals surface area contributed by atoms with Crippen LogP contribution in [0.15, 0.2) is 24.3 Å². The second-order valence-electron chi connectivity index (χ2n) is 8.31. The quantitative estimate of drug-likeness (QED) is 0.703. The summed E-state index contributed by atoms with van der Waals surface area (Å²) in [6, 6.07) is 7.03. The molecule has 7 nitrogen and oxygen atoms in total. The second kappa shape index (κ2) is 10.3. The van der Waals surface area contributed by atoms with Crippen molar-refractivity contribution in [1.29, 1.82) is 0 Å². The van der Waals surface area contributed by atoms with Crippen LogP contribution >= 0.6 is 0 Å². The molecule has 29 heavy (non-hydrogen) atoms. The molecule has 0 unspecified atom stereocenters. The van der Waals surface area contributed by atoms with Gasteiger partial charge in [-0.1, -0.05) is 0 Å². The lowest BCUT2D eigenvalue weighted by atomic mass is 10.0. The van der Waals surface area contributed by atoms with E-state index < -0.39 is 5.60 Å². The van der Waals surface area contributed by atoms with E-state index in [1.54, 1.807) is 36.3 Å². The summed E-state index contributed by atoms with van der Waals surface area (Å²) in [6.45, 7) is 6.66. The molecule has 1 N–H and O–H groups in total. The van der Waals surface area contributed by atoms with Crippen LogP contribution in [0.1, 0.15) is 63.2 Å². The number of benzene rings is 1. The Labute approximate surface area is 172 Å². The number of hydrogen-bond acceptors (Lipinski definition) is 5. The number of nitrogens with zero attached hydrogens (tertiary/aromatic N) is 1. The summed E-state index contributed by atoms with van der Waals surface area (Å²) < 4.78 is 10.5. The highest BCUT2D eigenvalue weighted by Crippen LogP contribution is 2.16. The molecule has 2 amide bonds. The number of rotatable bonds is 7. The van der Waals surface area contributed by atoms with Gasteiger partial charge in [-0.2, -0.15) is 0 Å². The zero-order chi connectivity index (χ0) is 21.4. The monoisotopic (exact) mass is 404 g/mol. The van der Waals surface area contributed by atoms with Crippen LogP contribution in [0.5, 0.6) is 5.75 Å². The van der Waals surface area contributed by atoms with Gasteiger partial charge in [0.2, 0.25) is 5.91 Å². The predicted molar refractivity (Wildman–Crippen MR) is 110 cm³/mol. The molecule has 0 aromatic heterocycles. The summed E-state index contributed by atoms with van der Waals surface area (Å²) in [6.07, 6.45) is 2.25. The van der Waals surface area contributed by atoms with E-state index in [2.05, 4.69) is 5.32 Å². The maximum absolute atomic E-state index is 12.2. The zero-order valence-corrected chi connectivity index (χ0v) is 17.8. The van der Waals surface area contributed by atoms with E-state index in [0.29, 0.717) is 56.5 Å². The van der Waals surface area contributed by atoms with Crippen molar-refractivity contribution in [3.63, 3.8) is 0 Å². The van der Waals surface area contributed by atoms with Crippen LogP contribution in [0.4, 0.5) is 4.79 Å². The lowest BCUT2D eigenvalue weighted by Gasteiger charge is -2.33. The Morgan fingerprint density at radius 1 is 1.07 bits per heavy atom. The number of carbonyl (C=O) groups excluding carboxylic acids is 3. The van der Waals surface area contributed by atoms with Crippen LogP contribution < -0.4 is 10.1 Å². The third-order valence-electron chi connectivity index (χ3n) is 4.73. The van der Waals surface area contributed by atoms with Crippen LogP contribution in [0, 0.1) is 0 Å². The molecule has 7 heteroatoms. The Kier molecular flexibility index (Phi) is 8.05. The second-order valence-corrected chi connectivity index (χ2v) is 8.31. The molecule has 1 saturated heterocycles. The highest BCUT2D eigenvalue weighted by atomic mass is 16.6. The minimum absolute atomic E-state index is 0.0196. The van der Waals surface area contributed by atoms with Crippen molar-refractivity contribution < 1.29 is 23.9 Å². The Hall–Kier alpha value is -2.57. The van der Waals surface area contributed by atoms with Gasteiger partial charge in [-0.15, -0.1) is 0 Å². The maximum atomic E-state index is 12.2. The van der Waals surface area contributed by atoms with Gasteiger partial charge in [0.25, 0.3) is 0 Å². The summed E-state index contributed by atoms with van der Waals surface area (Å²) >= 11 is 0. The number of ether oxygens (including phenoxy) is 2. The molecule has 0 radical (unpaired) electrons. The molecule has 1 aliphatic heterocycles. The summed E-state index contributed by atoms with van der Waals surface area (Å²) in [7, 11) is 1.58. The van der Waals surface area contributed by atoms with E-state index in [1.807, 2.05) is 20.8 Å². The van der Waals surface area contributed by atoms with E-state index in [0.717, 1.165) is 0 Å². The van der Waals surface area contributed by atoms with Gasteiger partial charge in [-0.05, 0) is 64.3 Å². The number of amides is 2. The largest absolute Gasteiger partial charge is 0.497 e. The van der Waals surface area contributed by atoms with Crippen molar-refractivity contribution in [3.8, 4) is 5.75 Å². The van der Waals surface area contributed by atoms with Crippen LogP contribution in [0.2, 0.25) is 0 Å². The molecule has 0 spiro atoms. The average Bonchev–Trinajstić information content (AvgIpc) is 2.67. The summed E-state index contributed by atoms with van der Waals surface area (Å²) in [5, 5.41) is 3.01. The van der Waals surface area contributed by atoms with Crippen LogP contribution in [-0.4, -0.2) is 54.5 Å². The fourth-order valence-corrected chi connectivity index (χ4v) is 3.16. The van der Waals surface area contributed by atoms with Crippen molar-refractivity contribution >= 4 is 17.8 Å². The number of carbonyl (C=O) groups is 3. The minimum atomic E-state index is -0.509. The number of Topliss-reactive ketones (excluding diaryl/α,β-unsaturated/α-hetero) is 1. The van der Waals surface area contributed by atoms with Crippen molar-refractivity contribution in [2.75, 3.05) is 20.2 Å². The number of methoxy groups -OCH3 is 1. The molecule has 1 aliphatic rings. The number of piperidine rings is 1. The van der Waals surface area contributed by atoms with E-state index in [1.165, 1.54) is 0 Å². The molecule has 160 valence electrons. The molecule has 1 heterocycles. The minimum Gasteiger partial charge on any atom is -0.497 e. The van der Waals surface area contributed by atoms with Gasteiger partial charge in [0.05, 0.1) is 7.11 Å². The Morgan fingerprint density at radius 2 is 1.69 bits per heavy atom. The van der Waals surface area contributed by atoms with E-state index in [9.17, 15) is 14.4 Å². The lowest BCUT2D eigenvalue weighted by molar-refractivity contribution is -0.122. The molecule has 1 aromatic rings. The van der Waals surface area contributed by atoms with Gasteiger partial charge in [0, 0.05) is 37.5 Å². The van der Waals surface area contributed by atoms with E-state index >= 15 is 0 Å². The first-order valence-electron chi connectivity index (χ1n) is 10.1. The third kappa shape index (κ3) is 7.75. The number of nitrogens with one attached hydrogen (secondary N) is 1. The standard InChI is InChI=1S/C22H32N2O5/c1-22(2,3)29-21(27)24-14-12-17(13-15-24)23-20(26)7-5-6-19(25)16-8-10-18(28-4)11-9-16/h8-11,17H,5-7,12-15H2,1-4H3,(H,23,26). The van der Waals surface area contributed by atoms with Crippen molar-refractivity contribution in [2.45, 2.75) is 64.5 Å². The topological polar surface area (TPSA) is 84.9 Å². The maximum Gasteiger partial charge on any atom is 0.410 e. The van der Waals surface area contributed by atoms with Gasteiger partial charge in [0.15, 0.2) is 5.78 Å². The number of hydrogen-bond donors (Lipinski definition) is 1. The Balaban J connectivity index is 1.66. The zero-order valence-electron chi connectivity index (χ0n) is 17.8. The predicted octanol–water partition coefficient (Wildman–Crippen LogP) is 3.56. The highest BCUT2D eigenvalue weighted by molar-refractivity contribution is 5.96. The first kappa shape index (κ1) is 22.7. The molecule has 0 bridgehead atoms.